The molecule has 1 aliphatic heterocycles. The Hall–Kier alpha value is -3.53. The van der Waals surface area contributed by atoms with Crippen LogP contribution in [0.2, 0.25) is 0 Å². The van der Waals surface area contributed by atoms with Crippen LogP contribution in [0.3, 0.4) is 0 Å². The van der Waals surface area contributed by atoms with Gasteiger partial charge in [-0.3, -0.25) is 13.8 Å². The molecule has 35 heavy (non-hydrogen) atoms. The highest BCUT2D eigenvalue weighted by molar-refractivity contribution is 7.87. The highest BCUT2D eigenvalue weighted by Gasteiger charge is 2.29. The van der Waals surface area contributed by atoms with Crippen molar-refractivity contribution in [3.8, 4) is 0 Å². The van der Waals surface area contributed by atoms with Crippen LogP contribution in [0.1, 0.15) is 10.4 Å². The van der Waals surface area contributed by atoms with Crippen LogP contribution in [0.4, 0.5) is 5.69 Å². The molecule has 0 aromatic heterocycles. The molecule has 0 saturated carbocycles. The van der Waals surface area contributed by atoms with Gasteiger partial charge in [-0.2, -0.15) is 0 Å². The Morgan fingerprint density at radius 2 is 1.17 bits per heavy atom. The second-order valence-corrected chi connectivity index (χ2v) is 12.5. The molecule has 0 aliphatic carbocycles. The first-order valence-corrected chi connectivity index (χ1v) is 14.5. The summed E-state index contributed by atoms with van der Waals surface area (Å²) in [6.45, 7) is 0.329. The fraction of sp³-hybridized carbons (Fsp3) is 0.0690. The van der Waals surface area contributed by atoms with E-state index in [1.54, 1.807) is 6.07 Å². The highest BCUT2D eigenvalue weighted by Crippen LogP contribution is 2.49. The van der Waals surface area contributed by atoms with Crippen molar-refractivity contribution in [2.45, 2.75) is 0 Å². The van der Waals surface area contributed by atoms with Gasteiger partial charge < -0.3 is 0 Å². The second kappa shape index (κ2) is 10.4. The third-order valence-corrected chi connectivity index (χ3v) is 10.9. The minimum atomic E-state index is -2.53. The Morgan fingerprint density at radius 1 is 0.686 bits per heavy atom. The summed E-state index contributed by atoms with van der Waals surface area (Å²) >= 11 is 0. The van der Waals surface area contributed by atoms with Crippen LogP contribution in [0.5, 0.6) is 0 Å². The summed E-state index contributed by atoms with van der Waals surface area (Å²) in [5.74, 6) is 0.0827. The average molecular weight is 497 g/mol. The number of amides is 1. The van der Waals surface area contributed by atoms with Crippen LogP contribution in [-0.4, -0.2) is 26.7 Å². The summed E-state index contributed by atoms with van der Waals surface area (Å²) in [6.07, 6.45) is 3.74. The zero-order valence-electron chi connectivity index (χ0n) is 19.1. The lowest BCUT2D eigenvalue weighted by atomic mass is 10.1. The van der Waals surface area contributed by atoms with E-state index >= 15 is 0 Å². The molecule has 1 aliphatic rings. The Bertz CT molecular complexity index is 1330. The monoisotopic (exact) mass is 496 g/mol. The number of rotatable bonds is 5. The van der Waals surface area contributed by atoms with Crippen molar-refractivity contribution in [2.24, 2.45) is 4.74 Å². The number of benzene rings is 4. The maximum absolute atomic E-state index is 13.6. The molecular formula is C29H25N2O2PS. The van der Waals surface area contributed by atoms with Crippen LogP contribution in [0.15, 0.2) is 132 Å². The van der Waals surface area contributed by atoms with E-state index in [2.05, 4.69) is 36.4 Å². The number of carbonyl (C=O) groups excluding carboxylic acids is 1. The van der Waals surface area contributed by atoms with E-state index in [1.165, 1.54) is 4.31 Å². The zero-order valence-corrected chi connectivity index (χ0v) is 20.8. The molecule has 6 heteroatoms. The van der Waals surface area contributed by atoms with Gasteiger partial charge in [0.1, 0.15) is 11.0 Å². The summed E-state index contributed by atoms with van der Waals surface area (Å²) in [5, 5.41) is 3.30. The minimum absolute atomic E-state index is 0.265. The third kappa shape index (κ3) is 4.58. The van der Waals surface area contributed by atoms with Gasteiger partial charge in [-0.25, -0.2) is 4.21 Å². The molecule has 0 spiro atoms. The van der Waals surface area contributed by atoms with Crippen molar-refractivity contribution in [1.82, 2.24) is 4.31 Å². The topological polar surface area (TPSA) is 49.7 Å². The fourth-order valence-electron chi connectivity index (χ4n) is 4.26. The van der Waals surface area contributed by atoms with Gasteiger partial charge in [0.2, 0.25) is 0 Å². The van der Waals surface area contributed by atoms with Crippen LogP contribution >= 0.6 is 7.05 Å². The lowest BCUT2D eigenvalue weighted by molar-refractivity contribution is 0.0876. The van der Waals surface area contributed by atoms with E-state index in [1.807, 2.05) is 84.9 Å². The predicted molar refractivity (Wildman–Crippen MR) is 147 cm³/mol. The highest BCUT2D eigenvalue weighted by atomic mass is 32.2. The molecule has 0 N–H and O–H groups in total. The SMILES string of the molecule is O=C(c1ccccc1N=P(c1ccccc1)(c1ccccc1)c1ccccc1)N1CC=CCS1=O. The Morgan fingerprint density at radius 3 is 1.69 bits per heavy atom. The fourth-order valence-corrected chi connectivity index (χ4v) is 8.82. The van der Waals surface area contributed by atoms with E-state index in [0.29, 0.717) is 23.5 Å². The van der Waals surface area contributed by atoms with E-state index < -0.39 is 18.0 Å². The quantitative estimate of drug-likeness (QED) is 0.283. The smallest absolute Gasteiger partial charge is 0.268 e. The first-order valence-electron chi connectivity index (χ1n) is 11.4. The first kappa shape index (κ1) is 23.2. The van der Waals surface area contributed by atoms with Gasteiger partial charge in [-0.1, -0.05) is 115 Å². The van der Waals surface area contributed by atoms with Crippen LogP contribution in [0.25, 0.3) is 0 Å². The summed E-state index contributed by atoms with van der Waals surface area (Å²) < 4.78 is 19.5. The van der Waals surface area contributed by atoms with Gasteiger partial charge in [0.15, 0.2) is 0 Å². The first-order chi connectivity index (χ1) is 17.2. The zero-order chi connectivity index (χ0) is 24.1. The van der Waals surface area contributed by atoms with Gasteiger partial charge in [-0.05, 0) is 12.1 Å². The van der Waals surface area contributed by atoms with Gasteiger partial charge in [0, 0.05) is 15.9 Å². The van der Waals surface area contributed by atoms with Crippen molar-refractivity contribution in [2.75, 3.05) is 12.3 Å². The average Bonchev–Trinajstić information content (AvgIpc) is 2.93. The van der Waals surface area contributed by atoms with E-state index in [9.17, 15) is 9.00 Å². The van der Waals surface area contributed by atoms with Crippen molar-refractivity contribution in [3.05, 3.63) is 133 Å². The molecule has 0 fully saturated rings. The molecule has 1 atom stereocenters. The minimum Gasteiger partial charge on any atom is -0.268 e. The summed E-state index contributed by atoms with van der Waals surface area (Å²) in [6, 6.07) is 38.3. The van der Waals surface area contributed by atoms with Crippen LogP contribution in [-0.2, 0) is 11.0 Å². The van der Waals surface area contributed by atoms with Crippen molar-refractivity contribution in [3.63, 3.8) is 0 Å². The molecular weight excluding hydrogens is 471 g/mol. The molecule has 0 bridgehead atoms. The molecule has 0 radical (unpaired) electrons. The number of hydrogen-bond donors (Lipinski definition) is 0. The molecule has 4 nitrogen and oxygen atoms in total. The number of carbonyl (C=O) groups is 1. The third-order valence-electron chi connectivity index (χ3n) is 5.93. The van der Waals surface area contributed by atoms with Crippen molar-refractivity contribution < 1.29 is 9.00 Å². The molecule has 174 valence electrons. The van der Waals surface area contributed by atoms with Crippen molar-refractivity contribution in [1.29, 1.82) is 0 Å². The van der Waals surface area contributed by atoms with E-state index in [-0.39, 0.29) is 5.91 Å². The number of nitrogens with zero attached hydrogens (tertiary/aromatic N) is 2. The molecule has 1 amide bonds. The number of hydrogen-bond acceptors (Lipinski definition) is 3. The van der Waals surface area contributed by atoms with Gasteiger partial charge >= 0.3 is 0 Å². The van der Waals surface area contributed by atoms with E-state index in [0.717, 1.165) is 15.9 Å². The Balaban J connectivity index is 1.81. The predicted octanol–water partition coefficient (Wildman–Crippen LogP) is 5.17. The summed E-state index contributed by atoms with van der Waals surface area (Å²) in [7, 11) is -3.92. The summed E-state index contributed by atoms with van der Waals surface area (Å²) in [4.78, 5) is 13.6. The van der Waals surface area contributed by atoms with Gasteiger partial charge in [0.25, 0.3) is 5.91 Å². The van der Waals surface area contributed by atoms with Crippen LogP contribution < -0.4 is 15.9 Å². The van der Waals surface area contributed by atoms with E-state index in [4.69, 9.17) is 4.74 Å². The maximum Gasteiger partial charge on any atom is 0.268 e. The van der Waals surface area contributed by atoms with Gasteiger partial charge in [-0.15, -0.1) is 0 Å². The maximum atomic E-state index is 13.6. The van der Waals surface area contributed by atoms with Crippen LogP contribution in [0, 0.1) is 0 Å². The lowest BCUT2D eigenvalue weighted by Gasteiger charge is -2.28. The lowest BCUT2D eigenvalue weighted by Crippen LogP contribution is -2.36. The normalized spacial score (nSPS) is 15.5. The molecule has 4 aromatic rings. The molecule has 1 heterocycles. The molecule has 4 aromatic carbocycles. The molecule has 0 saturated heterocycles. The standard InChI is InChI=1S/C29H25N2O2PS/c32-29(31-22-12-13-23-35(31)33)27-20-10-11-21-28(27)30-34(24-14-4-1-5-15-24,25-16-6-2-7-17-25)26-18-8-3-9-19-26/h1-21H,22-23H2. The van der Waals surface area contributed by atoms with Gasteiger partial charge in [0.05, 0.1) is 30.6 Å². The Labute approximate surface area is 208 Å². The second-order valence-electron chi connectivity index (χ2n) is 8.08. The molecule has 1 unspecified atom stereocenters. The molecule has 5 rings (SSSR count). The Kier molecular flexibility index (Phi) is 6.89. The van der Waals surface area contributed by atoms with Crippen molar-refractivity contribution >= 4 is 45.5 Å². The largest absolute Gasteiger partial charge is 0.268 e. The summed E-state index contributed by atoms with van der Waals surface area (Å²) in [5.41, 5.74) is 1.07.